The van der Waals surface area contributed by atoms with Gasteiger partial charge in [-0.15, -0.1) is 0 Å². The van der Waals surface area contributed by atoms with Crippen molar-refractivity contribution in [1.29, 1.82) is 0 Å². The molecule has 0 bridgehead atoms. The minimum absolute atomic E-state index is 0.163. The van der Waals surface area contributed by atoms with Crippen LogP contribution in [0.25, 0.3) is 0 Å². The summed E-state index contributed by atoms with van der Waals surface area (Å²) in [5, 5.41) is 13.6. The highest BCUT2D eigenvalue weighted by Gasteiger charge is 2.17. The third-order valence-corrected chi connectivity index (χ3v) is 4.64. The SMILES string of the molecule is Cc1ccccc1CO/N=C(/N)c1ccc(N2CCC(O)CC2)cc1. The van der Waals surface area contributed by atoms with Crippen molar-refractivity contribution in [3.05, 3.63) is 65.2 Å². The Balaban J connectivity index is 1.58. The number of aliphatic hydroxyl groups excluding tert-OH is 1. The summed E-state index contributed by atoms with van der Waals surface area (Å²) in [5.74, 6) is 0.370. The molecule has 1 saturated heterocycles. The number of amidine groups is 1. The lowest BCUT2D eigenvalue weighted by molar-refractivity contribution is 0.130. The third-order valence-electron chi connectivity index (χ3n) is 4.64. The number of nitrogens with two attached hydrogens (primary N) is 1. The predicted molar refractivity (Wildman–Crippen MR) is 101 cm³/mol. The molecule has 1 aliphatic rings. The molecule has 2 aromatic carbocycles. The fourth-order valence-corrected chi connectivity index (χ4v) is 2.96. The molecule has 3 N–H and O–H groups in total. The second kappa shape index (κ2) is 8.03. The molecule has 1 aliphatic heterocycles. The van der Waals surface area contributed by atoms with Gasteiger partial charge in [-0.3, -0.25) is 0 Å². The third kappa shape index (κ3) is 4.51. The topological polar surface area (TPSA) is 71.1 Å². The molecule has 0 saturated carbocycles. The maximum atomic E-state index is 9.60. The highest BCUT2D eigenvalue weighted by atomic mass is 16.6. The first-order chi connectivity index (χ1) is 12.1. The van der Waals surface area contributed by atoms with Crippen LogP contribution in [0.3, 0.4) is 0 Å². The molecule has 132 valence electrons. The Bertz CT molecular complexity index is 720. The summed E-state index contributed by atoms with van der Waals surface area (Å²) in [5.41, 5.74) is 10.3. The number of aryl methyl sites for hydroxylation is 1. The van der Waals surface area contributed by atoms with Gasteiger partial charge in [0.2, 0.25) is 0 Å². The van der Waals surface area contributed by atoms with E-state index in [9.17, 15) is 5.11 Å². The highest BCUT2D eigenvalue weighted by Crippen LogP contribution is 2.20. The van der Waals surface area contributed by atoms with Gasteiger partial charge in [0.1, 0.15) is 6.61 Å². The average molecular weight is 339 g/mol. The van der Waals surface area contributed by atoms with Gasteiger partial charge in [-0.2, -0.15) is 0 Å². The van der Waals surface area contributed by atoms with Gasteiger partial charge >= 0.3 is 0 Å². The second-order valence-electron chi connectivity index (χ2n) is 6.44. The van der Waals surface area contributed by atoms with Crippen molar-refractivity contribution in [2.45, 2.75) is 32.5 Å². The number of oxime groups is 1. The molecule has 0 aromatic heterocycles. The van der Waals surface area contributed by atoms with Gasteiger partial charge in [-0.1, -0.05) is 29.4 Å². The van der Waals surface area contributed by atoms with E-state index in [-0.39, 0.29) is 6.10 Å². The van der Waals surface area contributed by atoms with Crippen LogP contribution in [0.15, 0.2) is 53.7 Å². The maximum absolute atomic E-state index is 9.60. The smallest absolute Gasteiger partial charge is 0.170 e. The predicted octanol–water partition coefficient (Wildman–Crippen LogP) is 2.79. The van der Waals surface area contributed by atoms with E-state index in [1.807, 2.05) is 55.5 Å². The zero-order chi connectivity index (χ0) is 17.6. The Morgan fingerprint density at radius 1 is 1.16 bits per heavy atom. The number of piperidine rings is 1. The van der Waals surface area contributed by atoms with Gasteiger partial charge in [0.25, 0.3) is 0 Å². The van der Waals surface area contributed by atoms with Crippen LogP contribution in [-0.4, -0.2) is 30.1 Å². The lowest BCUT2D eigenvalue weighted by Crippen LogP contribution is -2.35. The van der Waals surface area contributed by atoms with Crippen LogP contribution in [0.1, 0.15) is 29.5 Å². The monoisotopic (exact) mass is 339 g/mol. The number of hydrogen-bond donors (Lipinski definition) is 2. The average Bonchev–Trinajstić information content (AvgIpc) is 2.64. The van der Waals surface area contributed by atoms with Crippen LogP contribution in [0, 0.1) is 6.92 Å². The van der Waals surface area contributed by atoms with Gasteiger partial charge in [-0.25, -0.2) is 0 Å². The summed E-state index contributed by atoms with van der Waals surface area (Å²) in [6, 6.07) is 16.0. The molecule has 0 atom stereocenters. The molecule has 0 aliphatic carbocycles. The lowest BCUT2D eigenvalue weighted by atomic mass is 10.1. The van der Waals surface area contributed by atoms with Crippen LogP contribution < -0.4 is 10.6 Å². The summed E-state index contributed by atoms with van der Waals surface area (Å²) < 4.78 is 0. The minimum Gasteiger partial charge on any atom is -0.393 e. The van der Waals surface area contributed by atoms with E-state index in [4.69, 9.17) is 10.6 Å². The van der Waals surface area contributed by atoms with E-state index in [1.54, 1.807) is 0 Å². The van der Waals surface area contributed by atoms with E-state index in [0.29, 0.717) is 12.4 Å². The van der Waals surface area contributed by atoms with Crippen molar-refractivity contribution in [3.63, 3.8) is 0 Å². The molecule has 0 spiro atoms. The summed E-state index contributed by atoms with van der Waals surface area (Å²) >= 11 is 0. The lowest BCUT2D eigenvalue weighted by Gasteiger charge is -2.31. The number of anilines is 1. The van der Waals surface area contributed by atoms with Crippen LogP contribution in [0.2, 0.25) is 0 Å². The Morgan fingerprint density at radius 2 is 1.84 bits per heavy atom. The minimum atomic E-state index is -0.163. The van der Waals surface area contributed by atoms with Crippen LogP contribution in [-0.2, 0) is 11.4 Å². The number of rotatable bonds is 5. The normalized spacial score (nSPS) is 16.1. The van der Waals surface area contributed by atoms with Crippen molar-refractivity contribution in [2.24, 2.45) is 10.9 Å². The Labute approximate surface area is 148 Å². The van der Waals surface area contributed by atoms with Gasteiger partial charge in [-0.05, 0) is 55.2 Å². The Kier molecular flexibility index (Phi) is 5.56. The van der Waals surface area contributed by atoms with E-state index in [1.165, 1.54) is 5.56 Å². The van der Waals surface area contributed by atoms with Crippen molar-refractivity contribution in [2.75, 3.05) is 18.0 Å². The zero-order valence-corrected chi connectivity index (χ0v) is 14.6. The largest absolute Gasteiger partial charge is 0.393 e. The second-order valence-corrected chi connectivity index (χ2v) is 6.44. The van der Waals surface area contributed by atoms with Gasteiger partial charge in [0, 0.05) is 24.3 Å². The molecular formula is C20H25N3O2. The molecule has 2 aromatic rings. The van der Waals surface area contributed by atoms with Crippen LogP contribution in [0.5, 0.6) is 0 Å². The van der Waals surface area contributed by atoms with E-state index < -0.39 is 0 Å². The van der Waals surface area contributed by atoms with Crippen molar-refractivity contribution >= 4 is 11.5 Å². The molecular weight excluding hydrogens is 314 g/mol. The Hall–Kier alpha value is -2.53. The molecule has 1 fully saturated rings. The van der Waals surface area contributed by atoms with E-state index in [2.05, 4.69) is 10.1 Å². The zero-order valence-electron chi connectivity index (χ0n) is 14.6. The Morgan fingerprint density at radius 3 is 2.52 bits per heavy atom. The molecule has 3 rings (SSSR count). The highest BCUT2D eigenvalue weighted by molar-refractivity contribution is 5.97. The van der Waals surface area contributed by atoms with Gasteiger partial charge in [0.05, 0.1) is 6.10 Å². The number of hydrogen-bond acceptors (Lipinski definition) is 4. The number of benzene rings is 2. The van der Waals surface area contributed by atoms with Crippen LogP contribution >= 0.6 is 0 Å². The summed E-state index contributed by atoms with van der Waals surface area (Å²) in [6.45, 7) is 4.21. The molecule has 1 heterocycles. The van der Waals surface area contributed by atoms with E-state index >= 15 is 0 Å². The van der Waals surface area contributed by atoms with E-state index in [0.717, 1.165) is 42.7 Å². The molecule has 0 unspecified atom stereocenters. The number of nitrogens with zero attached hydrogens (tertiary/aromatic N) is 2. The molecule has 5 nitrogen and oxygen atoms in total. The van der Waals surface area contributed by atoms with Crippen molar-refractivity contribution in [1.82, 2.24) is 0 Å². The molecule has 0 amide bonds. The van der Waals surface area contributed by atoms with Gasteiger partial charge < -0.3 is 20.6 Å². The fourth-order valence-electron chi connectivity index (χ4n) is 2.96. The van der Waals surface area contributed by atoms with Gasteiger partial charge in [0.15, 0.2) is 5.84 Å². The summed E-state index contributed by atoms with van der Waals surface area (Å²) in [7, 11) is 0. The standard InChI is InChI=1S/C20H25N3O2/c1-15-4-2-3-5-17(15)14-25-22-20(21)16-6-8-18(9-7-16)23-12-10-19(24)11-13-23/h2-9,19,24H,10-14H2,1H3,(H2,21,22). The fraction of sp³-hybridized carbons (Fsp3) is 0.350. The van der Waals surface area contributed by atoms with Crippen molar-refractivity contribution in [3.8, 4) is 0 Å². The first kappa shape index (κ1) is 17.3. The van der Waals surface area contributed by atoms with Crippen LogP contribution in [0.4, 0.5) is 5.69 Å². The molecule has 25 heavy (non-hydrogen) atoms. The molecule has 5 heteroatoms. The quantitative estimate of drug-likeness (QED) is 0.499. The number of aliphatic hydroxyl groups is 1. The summed E-state index contributed by atoms with van der Waals surface area (Å²) in [4.78, 5) is 7.68. The summed E-state index contributed by atoms with van der Waals surface area (Å²) in [6.07, 6.45) is 1.47. The first-order valence-corrected chi connectivity index (χ1v) is 8.67. The van der Waals surface area contributed by atoms with Crippen molar-refractivity contribution < 1.29 is 9.94 Å². The first-order valence-electron chi connectivity index (χ1n) is 8.67. The maximum Gasteiger partial charge on any atom is 0.170 e. The molecule has 0 radical (unpaired) electrons.